The quantitative estimate of drug-likeness (QED) is 0.605. The van der Waals surface area contributed by atoms with Gasteiger partial charge >= 0.3 is 24.8 Å². The van der Waals surface area contributed by atoms with E-state index >= 15 is 0 Å². The van der Waals surface area contributed by atoms with Gasteiger partial charge < -0.3 is 21.7 Å². The summed E-state index contributed by atoms with van der Waals surface area (Å²) in [5.74, 6) is -0.532. The monoisotopic (exact) mass is 422 g/mol. The summed E-state index contributed by atoms with van der Waals surface area (Å²) < 4.78 is 0. The topological polar surface area (TPSA) is 98.3 Å². The summed E-state index contributed by atoms with van der Waals surface area (Å²) in [6, 6.07) is 0.0946. The third-order valence-electron chi connectivity index (χ3n) is 5.02. The SMILES string of the molecule is Cc1nc(N2C[C@@H]3C(NC(=O)c4[nH]c(C)c(Cl)c4Cl)[C@@H]3C2)sc1C(=O)O.[H-].[Li+]. The van der Waals surface area contributed by atoms with Crippen molar-refractivity contribution < 1.29 is 35.0 Å². The number of piperidine rings is 1. The fraction of sp³-hybridized carbons (Fsp3) is 0.438. The number of hydrogen-bond donors (Lipinski definition) is 3. The zero-order chi connectivity index (χ0) is 18.7. The molecule has 1 aliphatic heterocycles. The summed E-state index contributed by atoms with van der Waals surface area (Å²) in [4.78, 5) is 33.2. The van der Waals surface area contributed by atoms with Gasteiger partial charge in [0.2, 0.25) is 0 Å². The van der Waals surface area contributed by atoms with Gasteiger partial charge in [-0.15, -0.1) is 0 Å². The van der Waals surface area contributed by atoms with Crippen molar-refractivity contribution in [2.24, 2.45) is 11.8 Å². The number of carboxylic acid groups (broad SMARTS) is 1. The van der Waals surface area contributed by atoms with E-state index in [9.17, 15) is 9.59 Å². The number of hydrogen-bond acceptors (Lipinski definition) is 5. The molecule has 27 heavy (non-hydrogen) atoms. The zero-order valence-corrected chi connectivity index (χ0v) is 17.3. The molecule has 1 amide bonds. The molecule has 0 spiro atoms. The number of carboxylic acids is 1. The maximum Gasteiger partial charge on any atom is 1.00 e. The fourth-order valence-corrected chi connectivity index (χ4v) is 4.90. The molecule has 2 aromatic rings. The number of H-pyrrole nitrogens is 1. The Balaban J connectivity index is 0.00000140. The molecule has 1 aliphatic carbocycles. The third-order valence-corrected chi connectivity index (χ3v) is 7.18. The molecule has 140 valence electrons. The van der Waals surface area contributed by atoms with E-state index in [-0.39, 0.29) is 47.8 Å². The number of aromatic amines is 1. The van der Waals surface area contributed by atoms with E-state index in [1.54, 1.807) is 13.8 Å². The van der Waals surface area contributed by atoms with Crippen LogP contribution >= 0.6 is 34.5 Å². The molecular formula is C16H17Cl2LiN4O3S. The molecule has 0 bridgehead atoms. The number of carbonyl (C=O) groups excluding carboxylic acids is 1. The minimum atomic E-state index is -0.947. The second-order valence-corrected chi connectivity index (χ2v) is 8.43. The fourth-order valence-electron chi connectivity index (χ4n) is 3.56. The number of nitrogens with one attached hydrogen (secondary N) is 2. The average molecular weight is 423 g/mol. The minimum absolute atomic E-state index is 0. The molecule has 2 fully saturated rings. The first kappa shape index (κ1) is 20.6. The molecule has 0 radical (unpaired) electrons. The number of fused-ring (bicyclic) bond motifs is 1. The Kier molecular flexibility index (Phi) is 5.59. The van der Waals surface area contributed by atoms with E-state index in [1.807, 2.05) is 0 Å². The Morgan fingerprint density at radius 1 is 1.30 bits per heavy atom. The van der Waals surface area contributed by atoms with Gasteiger partial charge in [0.15, 0.2) is 5.13 Å². The molecule has 3 N–H and O–H groups in total. The molecule has 3 atom stereocenters. The molecule has 1 saturated carbocycles. The van der Waals surface area contributed by atoms with Crippen molar-refractivity contribution in [3.63, 3.8) is 0 Å². The Morgan fingerprint density at radius 2 is 1.93 bits per heavy atom. The van der Waals surface area contributed by atoms with Crippen molar-refractivity contribution in [3.8, 4) is 0 Å². The van der Waals surface area contributed by atoms with E-state index in [4.69, 9.17) is 28.3 Å². The number of anilines is 1. The van der Waals surface area contributed by atoms with Gasteiger partial charge in [0.1, 0.15) is 10.6 Å². The van der Waals surface area contributed by atoms with Crippen molar-refractivity contribution in [2.75, 3.05) is 18.0 Å². The van der Waals surface area contributed by atoms with E-state index in [1.165, 1.54) is 11.3 Å². The number of carbonyl (C=O) groups is 2. The number of aryl methyl sites for hydroxylation is 2. The number of thiazole rings is 1. The van der Waals surface area contributed by atoms with Crippen LogP contribution in [0.4, 0.5) is 5.13 Å². The summed E-state index contributed by atoms with van der Waals surface area (Å²) in [5.41, 5.74) is 1.49. The second-order valence-electron chi connectivity index (χ2n) is 6.70. The molecule has 2 aromatic heterocycles. The van der Waals surface area contributed by atoms with Gasteiger partial charge in [-0.3, -0.25) is 4.79 Å². The van der Waals surface area contributed by atoms with Crippen LogP contribution in [0.2, 0.25) is 10.0 Å². The number of halogens is 2. The average Bonchev–Trinajstić information content (AvgIpc) is 2.97. The van der Waals surface area contributed by atoms with Crippen LogP contribution in [-0.2, 0) is 0 Å². The molecule has 2 aliphatic rings. The molecule has 1 saturated heterocycles. The normalized spacial score (nSPS) is 23.0. The molecule has 4 rings (SSSR count). The largest absolute Gasteiger partial charge is 1.00 e. The van der Waals surface area contributed by atoms with Gasteiger partial charge in [-0.05, 0) is 13.8 Å². The molecule has 3 heterocycles. The van der Waals surface area contributed by atoms with Crippen molar-refractivity contribution >= 4 is 51.5 Å². The van der Waals surface area contributed by atoms with Gasteiger partial charge in [0, 0.05) is 36.7 Å². The minimum Gasteiger partial charge on any atom is -1.00 e. The van der Waals surface area contributed by atoms with E-state index in [0.29, 0.717) is 28.2 Å². The summed E-state index contributed by atoms with van der Waals surface area (Å²) in [5, 5.41) is 13.5. The predicted molar refractivity (Wildman–Crippen MR) is 101 cm³/mol. The Labute approximate surface area is 183 Å². The number of aromatic nitrogens is 2. The van der Waals surface area contributed by atoms with Crippen LogP contribution in [0, 0.1) is 25.7 Å². The van der Waals surface area contributed by atoms with Crippen LogP contribution < -0.4 is 29.1 Å². The number of rotatable bonds is 4. The summed E-state index contributed by atoms with van der Waals surface area (Å²) >= 11 is 13.3. The first-order valence-corrected chi connectivity index (χ1v) is 9.65. The Morgan fingerprint density at radius 3 is 2.41 bits per heavy atom. The number of amides is 1. The maximum atomic E-state index is 12.4. The Bertz CT molecular complexity index is 925. The molecular weight excluding hydrogens is 406 g/mol. The summed E-state index contributed by atoms with van der Waals surface area (Å²) in [6.45, 7) is 4.96. The molecule has 11 heteroatoms. The van der Waals surface area contributed by atoms with Crippen molar-refractivity contribution in [1.29, 1.82) is 0 Å². The van der Waals surface area contributed by atoms with E-state index in [0.717, 1.165) is 18.2 Å². The van der Waals surface area contributed by atoms with Crippen molar-refractivity contribution in [3.05, 3.63) is 32.0 Å². The molecule has 7 nitrogen and oxygen atoms in total. The van der Waals surface area contributed by atoms with Gasteiger partial charge in [-0.25, -0.2) is 9.78 Å². The molecule has 1 unspecified atom stereocenters. The first-order chi connectivity index (χ1) is 12.3. The first-order valence-electron chi connectivity index (χ1n) is 8.08. The number of nitrogens with zero attached hydrogens (tertiary/aromatic N) is 2. The second kappa shape index (κ2) is 7.34. The van der Waals surface area contributed by atoms with E-state index < -0.39 is 5.97 Å². The van der Waals surface area contributed by atoms with Crippen LogP contribution in [-0.4, -0.2) is 46.1 Å². The van der Waals surface area contributed by atoms with Gasteiger partial charge in [-0.1, -0.05) is 34.5 Å². The van der Waals surface area contributed by atoms with Gasteiger partial charge in [-0.2, -0.15) is 0 Å². The van der Waals surface area contributed by atoms with Crippen LogP contribution in [0.1, 0.15) is 33.0 Å². The standard InChI is InChI=1S/C16H16Cl2N4O3S.Li.H/c1-5-9(17)10(18)12(19-5)14(23)21-11-7-3-22(4-8(7)11)16-20-6(2)13(26-16)15(24)25;;/h7-8,11,19H,3-4H2,1-2H3,(H,21,23)(H,24,25);;/q;+1;-1/t7-,8+,11?;;. The van der Waals surface area contributed by atoms with E-state index in [2.05, 4.69) is 20.2 Å². The third kappa shape index (κ3) is 3.50. The van der Waals surface area contributed by atoms with Crippen LogP contribution in [0.3, 0.4) is 0 Å². The maximum absolute atomic E-state index is 12.4. The Hall–Kier alpha value is -1.17. The smallest absolute Gasteiger partial charge is 1.00 e. The summed E-state index contributed by atoms with van der Waals surface area (Å²) in [7, 11) is 0. The van der Waals surface area contributed by atoms with Crippen molar-refractivity contribution in [2.45, 2.75) is 19.9 Å². The van der Waals surface area contributed by atoms with Crippen LogP contribution in [0.25, 0.3) is 0 Å². The van der Waals surface area contributed by atoms with Gasteiger partial charge in [0.25, 0.3) is 5.91 Å². The van der Waals surface area contributed by atoms with Gasteiger partial charge in [0.05, 0.1) is 15.7 Å². The predicted octanol–water partition coefficient (Wildman–Crippen LogP) is 0.0741. The summed E-state index contributed by atoms with van der Waals surface area (Å²) in [6.07, 6.45) is 0. The number of aromatic carboxylic acids is 1. The van der Waals surface area contributed by atoms with Crippen molar-refractivity contribution in [1.82, 2.24) is 15.3 Å². The zero-order valence-electron chi connectivity index (χ0n) is 16.0. The van der Waals surface area contributed by atoms with Crippen LogP contribution in [0.5, 0.6) is 0 Å². The van der Waals surface area contributed by atoms with Crippen LogP contribution in [0.15, 0.2) is 0 Å². The molecule has 0 aromatic carbocycles.